The van der Waals surface area contributed by atoms with E-state index in [1.54, 1.807) is 23.3 Å². The predicted octanol–water partition coefficient (Wildman–Crippen LogP) is 3.87. The molecule has 1 fully saturated rings. The lowest BCUT2D eigenvalue weighted by atomic mass is 10.0. The normalized spacial score (nSPS) is 15.2. The zero-order valence-corrected chi connectivity index (χ0v) is 18.0. The molecule has 0 aliphatic heterocycles. The summed E-state index contributed by atoms with van der Waals surface area (Å²) in [5, 5.41) is 5.16. The maximum Gasteiger partial charge on any atom is 0.247 e. The average molecular weight is 415 g/mol. The first-order valence-electron chi connectivity index (χ1n) is 10.3. The van der Waals surface area contributed by atoms with Crippen molar-refractivity contribution in [3.05, 3.63) is 57.8 Å². The van der Waals surface area contributed by atoms with E-state index >= 15 is 0 Å². The molecule has 6 heteroatoms. The van der Waals surface area contributed by atoms with E-state index in [1.165, 1.54) is 0 Å². The Morgan fingerprint density at radius 1 is 1.21 bits per heavy atom. The topological polar surface area (TPSA) is 58.6 Å². The highest BCUT2D eigenvalue weighted by molar-refractivity contribution is 7.10. The molecule has 156 valence electrons. The SMILES string of the molecule is COCCN(C(=O)Cc1cccs1)C(C(=O)NC1CCCC1)c1ccc(C)cc1. The lowest BCUT2D eigenvalue weighted by Crippen LogP contribution is -2.47. The number of benzene rings is 1. The van der Waals surface area contributed by atoms with Crippen LogP contribution in [0.4, 0.5) is 0 Å². The molecule has 0 spiro atoms. The molecule has 1 aliphatic rings. The fraction of sp³-hybridized carbons (Fsp3) is 0.478. The molecule has 2 aromatic rings. The van der Waals surface area contributed by atoms with Crippen LogP contribution in [0, 0.1) is 6.92 Å². The quantitative estimate of drug-likeness (QED) is 0.678. The predicted molar refractivity (Wildman–Crippen MR) is 116 cm³/mol. The maximum atomic E-state index is 13.4. The van der Waals surface area contributed by atoms with Crippen LogP contribution in [0.2, 0.25) is 0 Å². The van der Waals surface area contributed by atoms with Crippen molar-refractivity contribution in [3.63, 3.8) is 0 Å². The van der Waals surface area contributed by atoms with E-state index in [1.807, 2.05) is 48.7 Å². The summed E-state index contributed by atoms with van der Waals surface area (Å²) in [6.45, 7) is 2.77. The van der Waals surface area contributed by atoms with Crippen molar-refractivity contribution >= 4 is 23.2 Å². The van der Waals surface area contributed by atoms with Crippen LogP contribution < -0.4 is 5.32 Å². The minimum Gasteiger partial charge on any atom is -0.383 e. The van der Waals surface area contributed by atoms with Gasteiger partial charge in [-0.1, -0.05) is 48.7 Å². The lowest BCUT2D eigenvalue weighted by molar-refractivity contribution is -0.141. The summed E-state index contributed by atoms with van der Waals surface area (Å²) in [7, 11) is 1.61. The number of rotatable bonds is 9. The number of hydrogen-bond donors (Lipinski definition) is 1. The van der Waals surface area contributed by atoms with Gasteiger partial charge in [-0.3, -0.25) is 9.59 Å². The van der Waals surface area contributed by atoms with Crippen LogP contribution in [-0.2, 0) is 20.7 Å². The highest BCUT2D eigenvalue weighted by Gasteiger charge is 2.33. The van der Waals surface area contributed by atoms with E-state index < -0.39 is 6.04 Å². The Balaban J connectivity index is 1.88. The Hall–Kier alpha value is -2.18. The molecule has 1 N–H and O–H groups in total. The van der Waals surface area contributed by atoms with E-state index in [4.69, 9.17) is 4.74 Å². The molecule has 1 unspecified atom stereocenters. The molecule has 5 nitrogen and oxygen atoms in total. The molecule has 1 aromatic carbocycles. The molecule has 0 radical (unpaired) electrons. The summed E-state index contributed by atoms with van der Waals surface area (Å²) in [6.07, 6.45) is 4.59. The third-order valence-electron chi connectivity index (χ3n) is 5.42. The first-order valence-corrected chi connectivity index (χ1v) is 11.1. The van der Waals surface area contributed by atoms with Crippen molar-refractivity contribution in [3.8, 4) is 0 Å². The molecule has 1 saturated carbocycles. The largest absolute Gasteiger partial charge is 0.383 e. The number of methoxy groups -OCH3 is 1. The average Bonchev–Trinajstić information content (AvgIpc) is 3.40. The number of carbonyl (C=O) groups is 2. The van der Waals surface area contributed by atoms with Gasteiger partial charge in [-0.15, -0.1) is 11.3 Å². The molecule has 1 aromatic heterocycles. The van der Waals surface area contributed by atoms with Crippen LogP contribution in [0.3, 0.4) is 0 Å². The first kappa shape index (κ1) is 21.5. The molecule has 29 heavy (non-hydrogen) atoms. The third kappa shape index (κ3) is 5.90. The molecule has 1 aliphatic carbocycles. The second-order valence-electron chi connectivity index (χ2n) is 7.64. The smallest absolute Gasteiger partial charge is 0.247 e. The van der Waals surface area contributed by atoms with Crippen LogP contribution in [0.25, 0.3) is 0 Å². The number of hydrogen-bond acceptors (Lipinski definition) is 4. The van der Waals surface area contributed by atoms with Crippen LogP contribution in [0.1, 0.15) is 47.7 Å². The Kier molecular flexibility index (Phi) is 7.83. The summed E-state index contributed by atoms with van der Waals surface area (Å²) in [5.41, 5.74) is 1.96. The van der Waals surface area contributed by atoms with Crippen molar-refractivity contribution < 1.29 is 14.3 Å². The first-order chi connectivity index (χ1) is 14.1. The lowest BCUT2D eigenvalue weighted by Gasteiger charge is -2.32. The monoisotopic (exact) mass is 414 g/mol. The second kappa shape index (κ2) is 10.6. The van der Waals surface area contributed by atoms with Gasteiger partial charge in [0.15, 0.2) is 0 Å². The number of carbonyl (C=O) groups excluding carboxylic acids is 2. The van der Waals surface area contributed by atoms with Crippen molar-refractivity contribution in [1.82, 2.24) is 10.2 Å². The van der Waals surface area contributed by atoms with E-state index in [0.29, 0.717) is 19.6 Å². The molecular weight excluding hydrogens is 384 g/mol. The summed E-state index contributed by atoms with van der Waals surface area (Å²) in [5.74, 6) is -0.159. The minimum atomic E-state index is -0.654. The van der Waals surface area contributed by atoms with E-state index in [-0.39, 0.29) is 17.9 Å². The van der Waals surface area contributed by atoms with Crippen LogP contribution in [0.5, 0.6) is 0 Å². The van der Waals surface area contributed by atoms with E-state index in [2.05, 4.69) is 5.32 Å². The van der Waals surface area contributed by atoms with Gasteiger partial charge in [-0.2, -0.15) is 0 Å². The van der Waals surface area contributed by atoms with Gasteiger partial charge < -0.3 is 15.0 Å². The zero-order valence-electron chi connectivity index (χ0n) is 17.2. The van der Waals surface area contributed by atoms with E-state index in [9.17, 15) is 9.59 Å². The summed E-state index contributed by atoms with van der Waals surface area (Å²) in [6, 6.07) is 11.3. The van der Waals surface area contributed by atoms with E-state index in [0.717, 1.165) is 41.7 Å². The Morgan fingerprint density at radius 3 is 2.55 bits per heavy atom. The van der Waals surface area contributed by atoms with Crippen molar-refractivity contribution in [2.24, 2.45) is 0 Å². The van der Waals surface area contributed by atoms with Gasteiger partial charge in [-0.05, 0) is 36.8 Å². The van der Waals surface area contributed by atoms with Crippen molar-refractivity contribution in [1.29, 1.82) is 0 Å². The van der Waals surface area contributed by atoms with Crippen molar-refractivity contribution in [2.75, 3.05) is 20.3 Å². The van der Waals surface area contributed by atoms with Crippen LogP contribution in [-0.4, -0.2) is 43.0 Å². The van der Waals surface area contributed by atoms with Gasteiger partial charge in [0.25, 0.3) is 0 Å². The zero-order chi connectivity index (χ0) is 20.6. The molecule has 1 heterocycles. The number of aryl methyl sites for hydroxylation is 1. The Morgan fingerprint density at radius 2 is 1.93 bits per heavy atom. The molecule has 0 saturated heterocycles. The maximum absolute atomic E-state index is 13.4. The summed E-state index contributed by atoms with van der Waals surface area (Å²) < 4.78 is 5.25. The van der Waals surface area contributed by atoms with Gasteiger partial charge in [0.05, 0.1) is 13.0 Å². The molecule has 1 atom stereocenters. The van der Waals surface area contributed by atoms with Crippen LogP contribution >= 0.6 is 11.3 Å². The number of nitrogens with one attached hydrogen (secondary N) is 1. The number of ether oxygens (including phenoxy) is 1. The fourth-order valence-corrected chi connectivity index (χ4v) is 4.52. The summed E-state index contributed by atoms with van der Waals surface area (Å²) in [4.78, 5) is 29.3. The van der Waals surface area contributed by atoms with Gasteiger partial charge in [0.2, 0.25) is 11.8 Å². The fourth-order valence-electron chi connectivity index (χ4n) is 3.82. The summed E-state index contributed by atoms with van der Waals surface area (Å²) >= 11 is 1.56. The molecular formula is C23H30N2O3S. The Bertz CT molecular complexity index is 783. The van der Waals surface area contributed by atoms with Gasteiger partial charge >= 0.3 is 0 Å². The number of thiophene rings is 1. The molecule has 3 rings (SSSR count). The third-order valence-corrected chi connectivity index (χ3v) is 6.29. The molecule has 0 bridgehead atoms. The Labute approximate surface area is 177 Å². The minimum absolute atomic E-state index is 0.0587. The highest BCUT2D eigenvalue weighted by Crippen LogP contribution is 2.25. The van der Waals surface area contributed by atoms with Gasteiger partial charge in [-0.25, -0.2) is 0 Å². The van der Waals surface area contributed by atoms with Crippen LogP contribution in [0.15, 0.2) is 41.8 Å². The van der Waals surface area contributed by atoms with Gasteiger partial charge in [0.1, 0.15) is 6.04 Å². The van der Waals surface area contributed by atoms with Crippen molar-refractivity contribution in [2.45, 2.75) is 51.1 Å². The van der Waals surface area contributed by atoms with Gasteiger partial charge in [0, 0.05) is 24.6 Å². The highest BCUT2D eigenvalue weighted by atomic mass is 32.1. The molecule has 2 amide bonds. The second-order valence-corrected chi connectivity index (χ2v) is 8.67. The number of nitrogens with zero attached hydrogens (tertiary/aromatic N) is 1. The number of amides is 2. The standard InChI is InChI=1S/C23H30N2O3S/c1-17-9-11-18(12-10-17)22(23(27)24-19-6-3-4-7-19)25(13-14-28-2)21(26)16-20-8-5-15-29-20/h5,8-12,15,19,22H,3-4,6-7,13-14,16H2,1-2H3,(H,24,27).